The number of ether oxygens (including phenoxy) is 2. The highest BCUT2D eigenvalue weighted by atomic mass is 19.3. The smallest absolute Gasteiger partial charge is 0.270 e. The first kappa shape index (κ1) is 11.7. The Hall–Kier alpha value is -1.36. The van der Waals surface area contributed by atoms with E-state index in [0.29, 0.717) is 17.1 Å². The van der Waals surface area contributed by atoms with E-state index in [4.69, 9.17) is 15.2 Å². The van der Waals surface area contributed by atoms with Gasteiger partial charge in [0.05, 0.1) is 0 Å². The minimum atomic E-state index is -2.93. The van der Waals surface area contributed by atoms with Crippen LogP contribution in [0.5, 0.6) is 11.5 Å². The van der Waals surface area contributed by atoms with Crippen molar-refractivity contribution in [1.82, 2.24) is 0 Å². The van der Waals surface area contributed by atoms with Crippen LogP contribution in [0, 0.1) is 0 Å². The van der Waals surface area contributed by atoms with E-state index in [1.165, 1.54) is 6.07 Å². The van der Waals surface area contributed by atoms with Crippen molar-refractivity contribution in [3.05, 3.63) is 23.3 Å². The predicted octanol–water partition coefficient (Wildman–Crippen LogP) is 2.86. The molecule has 1 saturated carbocycles. The molecule has 1 aliphatic carbocycles. The molecule has 0 saturated heterocycles. The Morgan fingerprint density at radius 3 is 2.33 bits per heavy atom. The fourth-order valence-electron chi connectivity index (χ4n) is 2.54. The lowest BCUT2D eigenvalue weighted by atomic mass is 9.70. The van der Waals surface area contributed by atoms with Crippen molar-refractivity contribution >= 4 is 0 Å². The van der Waals surface area contributed by atoms with Gasteiger partial charge in [0.15, 0.2) is 11.5 Å². The van der Waals surface area contributed by atoms with Gasteiger partial charge < -0.3 is 15.2 Å². The van der Waals surface area contributed by atoms with E-state index in [-0.39, 0.29) is 12.4 Å². The number of halogens is 2. The van der Waals surface area contributed by atoms with E-state index in [2.05, 4.69) is 0 Å². The van der Waals surface area contributed by atoms with Crippen LogP contribution in [0.1, 0.15) is 37.3 Å². The van der Waals surface area contributed by atoms with Gasteiger partial charge >= 0.3 is 0 Å². The Balaban J connectivity index is 2.16. The third-order valence-electron chi connectivity index (χ3n) is 3.77. The molecule has 3 rings (SSSR count). The summed E-state index contributed by atoms with van der Waals surface area (Å²) in [6, 6.07) is 2.98. The van der Waals surface area contributed by atoms with Crippen molar-refractivity contribution < 1.29 is 18.3 Å². The molecule has 0 amide bonds. The van der Waals surface area contributed by atoms with Crippen LogP contribution in [0.4, 0.5) is 8.78 Å². The zero-order chi connectivity index (χ0) is 13.0. The van der Waals surface area contributed by atoms with Gasteiger partial charge in [0.2, 0.25) is 6.79 Å². The Morgan fingerprint density at radius 1 is 1.22 bits per heavy atom. The summed E-state index contributed by atoms with van der Waals surface area (Å²) >= 11 is 0. The predicted molar refractivity (Wildman–Crippen MR) is 61.8 cm³/mol. The highest BCUT2D eigenvalue weighted by molar-refractivity contribution is 5.52. The first-order valence-electron chi connectivity index (χ1n) is 6.01. The van der Waals surface area contributed by atoms with Crippen LogP contribution < -0.4 is 15.2 Å². The zero-order valence-electron chi connectivity index (χ0n) is 10.1. The van der Waals surface area contributed by atoms with Crippen molar-refractivity contribution in [2.24, 2.45) is 5.73 Å². The molecule has 2 aliphatic rings. The lowest BCUT2D eigenvalue weighted by Gasteiger charge is -2.40. The molecule has 1 aromatic rings. The summed E-state index contributed by atoms with van der Waals surface area (Å²) < 4.78 is 37.8. The molecule has 0 unspecified atom stereocenters. The first-order chi connectivity index (χ1) is 8.40. The second kappa shape index (κ2) is 3.57. The molecular weight excluding hydrogens is 240 g/mol. The van der Waals surface area contributed by atoms with Gasteiger partial charge in [-0.25, -0.2) is 8.78 Å². The topological polar surface area (TPSA) is 44.5 Å². The number of benzene rings is 1. The molecular formula is C13H15F2NO2. The molecule has 1 fully saturated rings. The summed E-state index contributed by atoms with van der Waals surface area (Å²) in [5.74, 6) is -2.05. The van der Waals surface area contributed by atoms with E-state index in [1.54, 1.807) is 6.07 Å². The second-order valence-corrected chi connectivity index (χ2v) is 5.15. The molecule has 0 spiro atoms. The molecule has 2 N–H and O–H groups in total. The zero-order valence-corrected chi connectivity index (χ0v) is 10.1. The van der Waals surface area contributed by atoms with Crippen molar-refractivity contribution in [2.75, 3.05) is 6.79 Å². The molecule has 0 bridgehead atoms. The maximum absolute atomic E-state index is 13.7. The van der Waals surface area contributed by atoms with E-state index < -0.39 is 11.5 Å². The van der Waals surface area contributed by atoms with Crippen molar-refractivity contribution in [3.8, 4) is 11.5 Å². The number of rotatable bonds is 2. The Labute approximate surface area is 104 Å². The maximum Gasteiger partial charge on any atom is 0.270 e. The third-order valence-corrected chi connectivity index (χ3v) is 3.77. The minimum absolute atomic E-state index is 0.0473. The van der Waals surface area contributed by atoms with Crippen molar-refractivity contribution in [1.29, 1.82) is 0 Å². The Kier molecular flexibility index (Phi) is 2.32. The number of nitrogens with two attached hydrogens (primary N) is 1. The molecule has 0 aromatic heterocycles. The molecule has 0 atom stereocenters. The molecule has 0 radical (unpaired) electrons. The summed E-state index contributed by atoms with van der Waals surface area (Å²) in [7, 11) is 0. The van der Waals surface area contributed by atoms with Gasteiger partial charge in [-0.3, -0.25) is 0 Å². The molecule has 5 heteroatoms. The van der Waals surface area contributed by atoms with Gasteiger partial charge in [-0.15, -0.1) is 0 Å². The van der Waals surface area contributed by atoms with Gasteiger partial charge in [0.25, 0.3) is 5.92 Å². The van der Waals surface area contributed by atoms with Crippen LogP contribution in [0.2, 0.25) is 0 Å². The molecule has 1 heterocycles. The summed E-state index contributed by atoms with van der Waals surface area (Å²) in [5.41, 5.74) is 5.99. The van der Waals surface area contributed by atoms with Crippen molar-refractivity contribution in [3.63, 3.8) is 0 Å². The lowest BCUT2D eigenvalue weighted by molar-refractivity contribution is 0.0140. The Morgan fingerprint density at radius 2 is 1.83 bits per heavy atom. The average molecular weight is 255 g/mol. The van der Waals surface area contributed by atoms with Gasteiger partial charge in [0, 0.05) is 18.0 Å². The number of fused-ring (bicyclic) bond motifs is 1. The average Bonchev–Trinajstić information content (AvgIpc) is 2.69. The van der Waals surface area contributed by atoms with Crippen LogP contribution in [0.15, 0.2) is 12.1 Å². The largest absolute Gasteiger partial charge is 0.454 e. The van der Waals surface area contributed by atoms with E-state index in [0.717, 1.165) is 26.2 Å². The normalized spacial score (nSPS) is 20.7. The monoisotopic (exact) mass is 255 g/mol. The van der Waals surface area contributed by atoms with E-state index in [1.807, 2.05) is 0 Å². The van der Waals surface area contributed by atoms with Crippen molar-refractivity contribution in [2.45, 2.75) is 37.6 Å². The SMILES string of the molecule is CC(F)(F)c1cc2c(cc1C1(N)CCC1)OCO2. The number of hydrogen-bond donors (Lipinski definition) is 1. The third kappa shape index (κ3) is 1.65. The standard InChI is InChI=1S/C13H15F2NO2/c1-12(14,15)8-5-10-11(18-7-17-10)6-9(8)13(16)3-2-4-13/h5-6H,2-4,7,16H2,1H3. The highest BCUT2D eigenvalue weighted by Gasteiger charge is 2.42. The van der Waals surface area contributed by atoms with Crippen LogP contribution in [-0.2, 0) is 11.5 Å². The first-order valence-corrected chi connectivity index (χ1v) is 6.01. The van der Waals surface area contributed by atoms with Crippen LogP contribution in [-0.4, -0.2) is 6.79 Å². The van der Waals surface area contributed by atoms with Crippen LogP contribution >= 0.6 is 0 Å². The summed E-state index contributed by atoms with van der Waals surface area (Å²) in [5, 5.41) is 0. The van der Waals surface area contributed by atoms with Crippen LogP contribution in [0.25, 0.3) is 0 Å². The molecule has 98 valence electrons. The molecule has 1 aliphatic heterocycles. The summed E-state index contributed by atoms with van der Waals surface area (Å²) in [6.07, 6.45) is 2.44. The fraction of sp³-hybridized carbons (Fsp3) is 0.538. The fourth-order valence-corrected chi connectivity index (χ4v) is 2.54. The maximum atomic E-state index is 13.7. The summed E-state index contributed by atoms with van der Waals surface area (Å²) in [6.45, 7) is 0.959. The number of alkyl halides is 2. The van der Waals surface area contributed by atoms with Gasteiger partial charge in [-0.1, -0.05) is 0 Å². The van der Waals surface area contributed by atoms with Gasteiger partial charge in [0.1, 0.15) is 0 Å². The number of hydrogen-bond acceptors (Lipinski definition) is 3. The quantitative estimate of drug-likeness (QED) is 0.883. The second-order valence-electron chi connectivity index (χ2n) is 5.15. The minimum Gasteiger partial charge on any atom is -0.454 e. The van der Waals surface area contributed by atoms with Gasteiger partial charge in [-0.2, -0.15) is 0 Å². The Bertz CT molecular complexity index is 492. The summed E-state index contributed by atoms with van der Waals surface area (Å²) in [4.78, 5) is 0. The lowest BCUT2D eigenvalue weighted by Crippen LogP contribution is -2.44. The highest BCUT2D eigenvalue weighted by Crippen LogP contribution is 2.48. The van der Waals surface area contributed by atoms with E-state index >= 15 is 0 Å². The molecule has 1 aromatic carbocycles. The van der Waals surface area contributed by atoms with Gasteiger partial charge in [-0.05, 0) is 37.0 Å². The molecule has 18 heavy (non-hydrogen) atoms. The van der Waals surface area contributed by atoms with E-state index in [9.17, 15) is 8.78 Å². The molecule has 3 nitrogen and oxygen atoms in total. The van der Waals surface area contributed by atoms with Crippen LogP contribution in [0.3, 0.4) is 0 Å².